The normalized spacial score (nSPS) is 11.2. The molecule has 8 nitrogen and oxygen atoms in total. The molecular weight excluding hydrogens is 903 g/mol. The highest BCUT2D eigenvalue weighted by Crippen LogP contribution is 2.40. The molecule has 0 saturated heterocycles. The molecule has 0 unspecified atom stereocenters. The van der Waals surface area contributed by atoms with Crippen LogP contribution in [0.5, 0.6) is 0 Å². The fourth-order valence-corrected chi connectivity index (χ4v) is 8.17. The van der Waals surface area contributed by atoms with E-state index in [0.29, 0.717) is 33.0 Å². The van der Waals surface area contributed by atoms with Crippen LogP contribution in [-0.2, 0) is 0 Å². The fourth-order valence-electron chi connectivity index (χ4n) is 7.81. The van der Waals surface area contributed by atoms with Gasteiger partial charge in [0.25, 0.3) is 0 Å². The van der Waals surface area contributed by atoms with E-state index in [2.05, 4.69) is 122 Å². The molecule has 10 aromatic rings. The van der Waals surface area contributed by atoms with Gasteiger partial charge in [0.05, 0.1) is 30.0 Å². The lowest BCUT2D eigenvalue weighted by Crippen LogP contribution is -2.29. The van der Waals surface area contributed by atoms with E-state index in [-0.39, 0.29) is 24.7 Å². The van der Waals surface area contributed by atoms with Gasteiger partial charge in [-0.2, -0.15) is 0 Å². The molecule has 0 atom stereocenters. The molecule has 0 saturated carbocycles. The van der Waals surface area contributed by atoms with Crippen molar-refractivity contribution < 1.29 is 15.5 Å². The van der Waals surface area contributed by atoms with E-state index in [9.17, 15) is 0 Å². The Morgan fingerprint density at radius 3 is 1.28 bits per heavy atom. The predicted octanol–water partition coefficient (Wildman–Crippen LogP) is 13.9. The third-order valence-electron chi connectivity index (χ3n) is 10.9. The van der Waals surface area contributed by atoms with Gasteiger partial charge in [0, 0.05) is 52.5 Å². The Bertz CT molecular complexity index is 3500. The summed E-state index contributed by atoms with van der Waals surface area (Å²) in [7, 11) is -1.49. The van der Waals surface area contributed by atoms with Crippen molar-refractivity contribution in [2.45, 2.75) is 13.8 Å². The van der Waals surface area contributed by atoms with E-state index >= 15 is 0 Å². The molecule has 0 amide bonds. The number of imidazole rings is 2. The Balaban J connectivity index is 0.000000162. The van der Waals surface area contributed by atoms with Gasteiger partial charge >= 0.3 is 7.12 Å². The minimum absolute atomic E-state index is 0.00132. The quantitative estimate of drug-likeness (QED) is 0.117. The average molecular weight is 952 g/mol. The number of halogens is 1. The third kappa shape index (κ3) is 10.7. The van der Waals surface area contributed by atoms with Crippen molar-refractivity contribution in [3.63, 3.8) is 0 Å². The lowest BCUT2D eigenvalue weighted by atomic mass is 9.80. The summed E-state index contributed by atoms with van der Waals surface area (Å²) in [6.07, 6.45) is -0.108. The number of aromatic nitrogens is 4. The van der Waals surface area contributed by atoms with Crippen molar-refractivity contribution in [2.24, 2.45) is 0 Å². The number of hydrogen-bond donors (Lipinski definition) is 2. The molecular formula is C58H44BBrN6O2. The first kappa shape index (κ1) is 41.1. The average Bonchev–Trinajstić information content (AvgIpc) is 3.86. The van der Waals surface area contributed by atoms with Gasteiger partial charge in [0.1, 0.15) is 5.82 Å². The van der Waals surface area contributed by atoms with Crippen LogP contribution < -0.4 is 5.46 Å². The van der Waals surface area contributed by atoms with Crippen molar-refractivity contribution in [3.05, 3.63) is 258 Å². The molecule has 68 heavy (non-hydrogen) atoms. The topological polar surface area (TPSA) is 84.8 Å². The van der Waals surface area contributed by atoms with Crippen molar-refractivity contribution in [1.82, 2.24) is 19.1 Å². The first-order valence-electron chi connectivity index (χ1n) is 23.5. The van der Waals surface area contributed by atoms with Gasteiger partial charge in [-0.25, -0.2) is 19.7 Å². The molecule has 0 aliphatic carbocycles. The minimum atomic E-state index is -1.49. The standard InChI is InChI=1S/C29H21N3.C22H17BrN2.C7H6BNO2/c1-21-18-26(22-10-5-3-6-11-22)28(27(19-21)23-12-7-4-8-13-23)32-17-16-31-29(32)24-14-9-15-25(20-24)30-2;1-16-14-19(17-8-4-2-5-9-17)21(25-13-12-24-22(25)23)20(15-16)18-10-6-3-7-11-18;1-9-7-4-2-3-6(5-7)8(10)11/h3-20H,1H3;2-15H,1H3;2-5,10-11H/i16D,17D;12D,13D;. The third-order valence-corrected chi connectivity index (χ3v) is 11.4. The molecule has 10 rings (SSSR count). The van der Waals surface area contributed by atoms with E-state index in [0.717, 1.165) is 67.0 Å². The highest BCUT2D eigenvalue weighted by Gasteiger charge is 2.20. The van der Waals surface area contributed by atoms with Crippen molar-refractivity contribution in [1.29, 1.82) is 0 Å². The van der Waals surface area contributed by atoms with E-state index in [1.54, 1.807) is 45.5 Å². The first-order valence-corrected chi connectivity index (χ1v) is 22.3. The summed E-state index contributed by atoms with van der Waals surface area (Å²) in [4.78, 5) is 15.3. The second-order valence-electron chi connectivity index (χ2n) is 15.6. The summed E-state index contributed by atoms with van der Waals surface area (Å²) in [5, 5.41) is 17.4. The largest absolute Gasteiger partial charge is 0.487 e. The minimum Gasteiger partial charge on any atom is -0.423 e. The maximum Gasteiger partial charge on any atom is 0.487 e. The zero-order valence-electron chi connectivity index (χ0n) is 41.0. The van der Waals surface area contributed by atoms with Crippen molar-refractivity contribution in [3.8, 4) is 67.3 Å². The summed E-state index contributed by atoms with van der Waals surface area (Å²) in [6.45, 7) is 18.2. The molecule has 0 fully saturated rings. The predicted molar refractivity (Wildman–Crippen MR) is 280 cm³/mol. The van der Waals surface area contributed by atoms with E-state index in [1.165, 1.54) is 6.07 Å². The van der Waals surface area contributed by atoms with Crippen LogP contribution in [0.4, 0.5) is 11.4 Å². The Labute approximate surface area is 411 Å². The van der Waals surface area contributed by atoms with Crippen LogP contribution in [0.2, 0.25) is 0 Å². The van der Waals surface area contributed by atoms with Gasteiger partial charge in [-0.1, -0.05) is 164 Å². The zero-order chi connectivity index (χ0) is 50.9. The highest BCUT2D eigenvalue weighted by atomic mass is 79.9. The molecule has 0 radical (unpaired) electrons. The van der Waals surface area contributed by atoms with Crippen LogP contribution in [0, 0.1) is 27.0 Å². The van der Waals surface area contributed by atoms with E-state index < -0.39 is 7.12 Å². The van der Waals surface area contributed by atoms with Crippen LogP contribution >= 0.6 is 15.9 Å². The Morgan fingerprint density at radius 1 is 0.485 bits per heavy atom. The number of aryl methyl sites for hydroxylation is 2. The lowest BCUT2D eigenvalue weighted by Gasteiger charge is -2.20. The molecule has 2 N–H and O–H groups in total. The monoisotopic (exact) mass is 950 g/mol. The van der Waals surface area contributed by atoms with Crippen LogP contribution in [0.1, 0.15) is 16.6 Å². The summed E-state index contributed by atoms with van der Waals surface area (Å²) in [6, 6.07) is 62.2. The van der Waals surface area contributed by atoms with Gasteiger partial charge in [0.2, 0.25) is 0 Å². The summed E-state index contributed by atoms with van der Waals surface area (Å²) in [5.74, 6) is 0.471. The Hall–Kier alpha value is -8.38. The molecule has 2 aromatic heterocycles. The molecule has 2 heterocycles. The van der Waals surface area contributed by atoms with Crippen LogP contribution in [0.25, 0.3) is 77.0 Å². The molecule has 0 bridgehead atoms. The number of benzene rings is 8. The van der Waals surface area contributed by atoms with Crippen molar-refractivity contribution in [2.75, 3.05) is 0 Å². The molecule has 10 heteroatoms. The SMILES string of the molecule is [2H]c1nc(-c2cccc([N+]#[C-])c2)n(-c2c(-c3ccccc3)cc(C)cc2-c2ccccc2)c1[2H].[2H]c1nc(Br)n(-c2c(-c3ccccc3)cc(C)cc2-c2ccccc2)c1[2H].[C-]#[N+]c1cccc(B(O)O)c1. The van der Waals surface area contributed by atoms with Crippen LogP contribution in [-0.4, -0.2) is 36.3 Å². The second-order valence-corrected chi connectivity index (χ2v) is 16.3. The van der Waals surface area contributed by atoms with Gasteiger partial charge in [-0.15, -0.1) is 0 Å². The van der Waals surface area contributed by atoms with Gasteiger partial charge < -0.3 is 10.0 Å². The van der Waals surface area contributed by atoms with Crippen molar-refractivity contribution >= 4 is 39.9 Å². The molecule has 0 spiro atoms. The van der Waals surface area contributed by atoms with Gasteiger partial charge in [0.15, 0.2) is 16.1 Å². The first-order chi connectivity index (χ1) is 34.9. The number of nitrogens with zero attached hydrogens (tertiary/aromatic N) is 6. The van der Waals surface area contributed by atoms with Gasteiger partial charge in [-0.3, -0.25) is 9.13 Å². The van der Waals surface area contributed by atoms with E-state index in [4.69, 9.17) is 28.7 Å². The molecule has 328 valence electrons. The maximum absolute atomic E-state index is 8.83. The number of hydrogen-bond acceptors (Lipinski definition) is 4. The summed E-state index contributed by atoms with van der Waals surface area (Å²) >= 11 is 3.45. The van der Waals surface area contributed by atoms with Gasteiger partial charge in [-0.05, 0) is 99.0 Å². The summed E-state index contributed by atoms with van der Waals surface area (Å²) < 4.78 is 37.5. The number of rotatable bonds is 8. The zero-order valence-corrected chi connectivity index (χ0v) is 38.6. The second kappa shape index (κ2) is 21.7. The molecule has 8 aromatic carbocycles. The van der Waals surface area contributed by atoms with Crippen LogP contribution in [0.15, 0.2) is 224 Å². The fraction of sp³-hybridized carbons (Fsp3) is 0.0345. The maximum atomic E-state index is 8.83. The summed E-state index contributed by atoms with van der Waals surface area (Å²) in [5.41, 5.74) is 13.8. The lowest BCUT2D eigenvalue weighted by molar-refractivity contribution is 0.426. The molecule has 0 aliphatic rings. The smallest absolute Gasteiger partial charge is 0.423 e. The van der Waals surface area contributed by atoms with E-state index in [1.807, 2.05) is 78.9 Å². The highest BCUT2D eigenvalue weighted by molar-refractivity contribution is 9.10. The Kier molecular flexibility index (Phi) is 13.1. The molecule has 0 aliphatic heterocycles. The Morgan fingerprint density at radius 2 is 0.868 bits per heavy atom. The van der Waals surface area contributed by atoms with Crippen LogP contribution in [0.3, 0.4) is 0 Å².